The molecule has 3 heteroatoms. The van der Waals surface area contributed by atoms with Gasteiger partial charge in [0.15, 0.2) is 0 Å². The molecule has 1 fully saturated rings. The minimum atomic E-state index is -0.384. The normalized spacial score (nSPS) is 28.3. The zero-order valence-electron chi connectivity index (χ0n) is 12.5. The van der Waals surface area contributed by atoms with E-state index < -0.39 is 0 Å². The minimum Gasteiger partial charge on any atom is -0.389 e. The van der Waals surface area contributed by atoms with Crippen LogP contribution in [0.5, 0.6) is 0 Å². The summed E-state index contributed by atoms with van der Waals surface area (Å²) < 4.78 is 5.80. The molecule has 1 aliphatic rings. The fraction of sp³-hybridized carbons (Fsp3) is 1.00. The van der Waals surface area contributed by atoms with Crippen LogP contribution in [0.1, 0.15) is 53.4 Å². The lowest BCUT2D eigenvalue weighted by atomic mass is 9.89. The third-order valence-electron chi connectivity index (χ3n) is 4.16. The molecule has 0 amide bonds. The van der Waals surface area contributed by atoms with E-state index in [-0.39, 0.29) is 6.10 Å². The van der Waals surface area contributed by atoms with E-state index in [2.05, 4.69) is 33.0 Å². The molecule has 108 valence electrons. The number of aliphatic hydroxyl groups is 1. The SMILES string of the molecule is CC1CCC(OCC(O)CNC(C)C(C)C)CC1. The molecule has 0 radical (unpaired) electrons. The molecule has 2 atom stereocenters. The monoisotopic (exact) mass is 257 g/mol. The molecule has 0 aromatic rings. The second-order valence-electron chi connectivity index (χ2n) is 6.31. The fourth-order valence-electron chi connectivity index (χ4n) is 2.26. The number of aliphatic hydroxyl groups excluding tert-OH is 1. The predicted molar refractivity (Wildman–Crippen MR) is 75.7 cm³/mol. The van der Waals surface area contributed by atoms with Crippen molar-refractivity contribution in [2.45, 2.75) is 71.6 Å². The molecule has 2 N–H and O–H groups in total. The minimum absolute atomic E-state index is 0.373. The lowest BCUT2D eigenvalue weighted by Crippen LogP contribution is -2.39. The van der Waals surface area contributed by atoms with Crippen molar-refractivity contribution in [1.82, 2.24) is 5.32 Å². The summed E-state index contributed by atoms with van der Waals surface area (Å²) in [5.74, 6) is 1.45. The maximum atomic E-state index is 9.87. The molecule has 0 heterocycles. The molecule has 0 aromatic heterocycles. The number of nitrogens with one attached hydrogen (secondary N) is 1. The molecule has 18 heavy (non-hydrogen) atoms. The number of hydrogen-bond donors (Lipinski definition) is 2. The predicted octanol–water partition coefficient (Wildman–Crippen LogP) is 2.58. The Kier molecular flexibility index (Phi) is 7.20. The molecule has 3 nitrogen and oxygen atoms in total. The van der Waals surface area contributed by atoms with Crippen molar-refractivity contribution >= 4 is 0 Å². The molecule has 1 rings (SSSR count). The molecule has 0 saturated heterocycles. The van der Waals surface area contributed by atoms with E-state index in [4.69, 9.17) is 4.74 Å². The molecule has 0 aliphatic heterocycles. The Morgan fingerprint density at radius 3 is 2.33 bits per heavy atom. The van der Waals surface area contributed by atoms with Crippen LogP contribution in [-0.2, 0) is 4.74 Å². The first-order valence-corrected chi connectivity index (χ1v) is 7.52. The van der Waals surface area contributed by atoms with Crippen LogP contribution in [0.15, 0.2) is 0 Å². The van der Waals surface area contributed by atoms with Gasteiger partial charge in [0, 0.05) is 12.6 Å². The van der Waals surface area contributed by atoms with Crippen molar-refractivity contribution in [3.63, 3.8) is 0 Å². The molecule has 0 aromatic carbocycles. The van der Waals surface area contributed by atoms with Gasteiger partial charge in [0.2, 0.25) is 0 Å². The van der Waals surface area contributed by atoms with E-state index in [9.17, 15) is 5.11 Å². The van der Waals surface area contributed by atoms with Crippen LogP contribution < -0.4 is 5.32 Å². The molecule has 0 bridgehead atoms. The van der Waals surface area contributed by atoms with Crippen LogP contribution in [0, 0.1) is 11.8 Å². The van der Waals surface area contributed by atoms with Crippen LogP contribution in [0.2, 0.25) is 0 Å². The van der Waals surface area contributed by atoms with Gasteiger partial charge in [-0.15, -0.1) is 0 Å². The first kappa shape index (κ1) is 15.9. The van der Waals surface area contributed by atoms with Gasteiger partial charge in [0.05, 0.1) is 18.8 Å². The number of hydrogen-bond acceptors (Lipinski definition) is 3. The summed E-state index contributed by atoms with van der Waals surface area (Å²) in [6.45, 7) is 9.93. The van der Waals surface area contributed by atoms with E-state index in [0.717, 1.165) is 18.8 Å². The van der Waals surface area contributed by atoms with E-state index >= 15 is 0 Å². The number of ether oxygens (including phenoxy) is 1. The Labute approximate surface area is 112 Å². The lowest BCUT2D eigenvalue weighted by Gasteiger charge is -2.27. The van der Waals surface area contributed by atoms with Crippen molar-refractivity contribution in [3.8, 4) is 0 Å². The smallest absolute Gasteiger partial charge is 0.0897 e. The fourth-order valence-corrected chi connectivity index (χ4v) is 2.26. The quantitative estimate of drug-likeness (QED) is 0.736. The van der Waals surface area contributed by atoms with Gasteiger partial charge in [0.1, 0.15) is 0 Å². The summed E-state index contributed by atoms with van der Waals surface area (Å²) in [7, 11) is 0. The average molecular weight is 257 g/mol. The van der Waals surface area contributed by atoms with Gasteiger partial charge in [-0.2, -0.15) is 0 Å². The maximum Gasteiger partial charge on any atom is 0.0897 e. The lowest BCUT2D eigenvalue weighted by molar-refractivity contribution is -0.0285. The first-order valence-electron chi connectivity index (χ1n) is 7.52. The van der Waals surface area contributed by atoms with Crippen molar-refractivity contribution in [3.05, 3.63) is 0 Å². The van der Waals surface area contributed by atoms with E-state index in [1.165, 1.54) is 12.8 Å². The Morgan fingerprint density at radius 1 is 1.17 bits per heavy atom. The summed E-state index contributed by atoms with van der Waals surface area (Å²) in [4.78, 5) is 0. The molecule has 0 spiro atoms. The van der Waals surface area contributed by atoms with E-state index in [1.54, 1.807) is 0 Å². The summed E-state index contributed by atoms with van der Waals surface area (Å²) in [5.41, 5.74) is 0. The number of rotatable bonds is 7. The Morgan fingerprint density at radius 2 is 1.78 bits per heavy atom. The first-order chi connectivity index (χ1) is 8.49. The highest BCUT2D eigenvalue weighted by molar-refractivity contribution is 4.72. The van der Waals surface area contributed by atoms with Crippen molar-refractivity contribution in [2.75, 3.05) is 13.2 Å². The highest BCUT2D eigenvalue weighted by Crippen LogP contribution is 2.25. The topological polar surface area (TPSA) is 41.5 Å². The third kappa shape index (κ3) is 6.17. The maximum absolute atomic E-state index is 9.87. The van der Waals surface area contributed by atoms with Gasteiger partial charge < -0.3 is 15.2 Å². The standard InChI is InChI=1S/C15H31NO2/c1-11(2)13(4)16-9-14(17)10-18-15-7-5-12(3)6-8-15/h11-17H,5-10H2,1-4H3. The molecule has 1 saturated carbocycles. The van der Waals surface area contributed by atoms with Gasteiger partial charge >= 0.3 is 0 Å². The van der Waals surface area contributed by atoms with Crippen molar-refractivity contribution < 1.29 is 9.84 Å². The van der Waals surface area contributed by atoms with E-state index in [0.29, 0.717) is 31.2 Å². The summed E-state index contributed by atoms with van der Waals surface area (Å²) in [6.07, 6.45) is 4.84. The Bertz CT molecular complexity index is 213. The van der Waals surface area contributed by atoms with Gasteiger partial charge in [-0.25, -0.2) is 0 Å². The van der Waals surface area contributed by atoms with E-state index in [1.807, 2.05) is 0 Å². The molecule has 2 unspecified atom stereocenters. The Balaban J connectivity index is 2.08. The highest BCUT2D eigenvalue weighted by atomic mass is 16.5. The van der Waals surface area contributed by atoms with Crippen LogP contribution in [-0.4, -0.2) is 36.5 Å². The second kappa shape index (κ2) is 8.13. The second-order valence-corrected chi connectivity index (χ2v) is 6.31. The molecular weight excluding hydrogens is 226 g/mol. The van der Waals surface area contributed by atoms with Crippen molar-refractivity contribution in [2.24, 2.45) is 11.8 Å². The Hall–Kier alpha value is -0.120. The van der Waals surface area contributed by atoms with Crippen LogP contribution in [0.25, 0.3) is 0 Å². The van der Waals surface area contributed by atoms with Gasteiger partial charge in [-0.1, -0.05) is 20.8 Å². The zero-order chi connectivity index (χ0) is 13.5. The highest BCUT2D eigenvalue weighted by Gasteiger charge is 2.19. The largest absolute Gasteiger partial charge is 0.389 e. The molecule has 1 aliphatic carbocycles. The van der Waals surface area contributed by atoms with Gasteiger partial charge in [-0.05, 0) is 44.4 Å². The molecular formula is C15H31NO2. The van der Waals surface area contributed by atoms with Gasteiger partial charge in [-0.3, -0.25) is 0 Å². The summed E-state index contributed by atoms with van der Waals surface area (Å²) in [5, 5.41) is 13.2. The van der Waals surface area contributed by atoms with Crippen LogP contribution >= 0.6 is 0 Å². The van der Waals surface area contributed by atoms with Crippen LogP contribution in [0.4, 0.5) is 0 Å². The average Bonchev–Trinajstić information content (AvgIpc) is 2.35. The third-order valence-corrected chi connectivity index (χ3v) is 4.16. The summed E-state index contributed by atoms with van der Waals surface area (Å²) >= 11 is 0. The zero-order valence-corrected chi connectivity index (χ0v) is 12.5. The van der Waals surface area contributed by atoms with Crippen molar-refractivity contribution in [1.29, 1.82) is 0 Å². The van der Waals surface area contributed by atoms with Crippen LogP contribution in [0.3, 0.4) is 0 Å². The summed E-state index contributed by atoms with van der Waals surface area (Å²) in [6, 6.07) is 0.440. The van der Waals surface area contributed by atoms with Gasteiger partial charge in [0.25, 0.3) is 0 Å².